The number of aldehydes is 1. The van der Waals surface area contributed by atoms with Crippen molar-refractivity contribution in [2.75, 3.05) is 31.1 Å². The third-order valence-electron chi connectivity index (χ3n) is 7.36. The van der Waals surface area contributed by atoms with Crippen molar-refractivity contribution in [1.29, 1.82) is 0 Å². The van der Waals surface area contributed by atoms with E-state index < -0.39 is 29.1 Å². The fourth-order valence-electron chi connectivity index (χ4n) is 5.25. The topological polar surface area (TPSA) is 127 Å². The van der Waals surface area contributed by atoms with Crippen molar-refractivity contribution in [2.45, 2.75) is 52.2 Å². The fraction of sp³-hybridized carbons (Fsp3) is 0.412. The van der Waals surface area contributed by atoms with Crippen LogP contribution in [-0.2, 0) is 25.7 Å². The Bertz CT molecular complexity index is 1460. The lowest BCUT2D eigenvalue weighted by Gasteiger charge is -2.41. The molecule has 3 rings (SSSR count). The first kappa shape index (κ1) is 36.4. The second-order valence-corrected chi connectivity index (χ2v) is 13.1. The molecule has 12 heteroatoms. The summed E-state index contributed by atoms with van der Waals surface area (Å²) in [5.41, 5.74) is 7.31. The van der Waals surface area contributed by atoms with Crippen LogP contribution in [0.3, 0.4) is 0 Å². The van der Waals surface area contributed by atoms with E-state index in [0.717, 1.165) is 23.4 Å². The van der Waals surface area contributed by atoms with Crippen LogP contribution in [0.1, 0.15) is 50.9 Å². The van der Waals surface area contributed by atoms with Gasteiger partial charge in [-0.2, -0.15) is 11.8 Å². The molecule has 1 aromatic heterocycles. The SMILES string of the molecule is CC(C)(C)C(c1cc(-c2cc(F)ccc2F)cn1Cc1ccccc1)N(CCCNC=O)C(=O)CSCCC(=O)N[C@@H](C=O)CN. The number of carbonyl (C=O) groups excluding carboxylic acids is 4. The Hall–Kier alpha value is -4.03. The van der Waals surface area contributed by atoms with Gasteiger partial charge in [-0.05, 0) is 41.7 Å². The highest BCUT2D eigenvalue weighted by molar-refractivity contribution is 7.99. The van der Waals surface area contributed by atoms with E-state index in [1.807, 2.05) is 61.7 Å². The molecular formula is C34H43F2N5O4S. The van der Waals surface area contributed by atoms with Crippen LogP contribution in [0.4, 0.5) is 8.78 Å². The summed E-state index contributed by atoms with van der Waals surface area (Å²) in [7, 11) is 0. The standard InChI is InChI=1S/C34H43F2N5O4S/c1-34(2,3)33(41(14-7-13-38-23-43)32(45)22-46-15-12-31(44)39-27(18-37)21-42)30-16-25(28-17-26(35)10-11-29(28)36)20-40(30)19-24-8-5-4-6-9-24/h4-6,8-11,16-17,20-21,23,27,33H,7,12-15,18-19,22,37H2,1-3H3,(H,38,43)(H,39,44)/t27-,33?/m1/s1. The fourth-order valence-corrected chi connectivity index (χ4v) is 6.07. The molecular weight excluding hydrogens is 612 g/mol. The summed E-state index contributed by atoms with van der Waals surface area (Å²) < 4.78 is 31.2. The number of nitrogens with one attached hydrogen (secondary N) is 2. The summed E-state index contributed by atoms with van der Waals surface area (Å²) in [6, 6.07) is 13.6. The molecule has 2 atom stereocenters. The molecule has 0 radical (unpaired) electrons. The minimum absolute atomic E-state index is 0.00253. The van der Waals surface area contributed by atoms with Crippen molar-refractivity contribution < 1.29 is 28.0 Å². The Morgan fingerprint density at radius 1 is 1.09 bits per heavy atom. The highest BCUT2D eigenvalue weighted by Gasteiger charge is 2.37. The maximum Gasteiger partial charge on any atom is 0.233 e. The first-order chi connectivity index (χ1) is 22.0. The maximum atomic E-state index is 15.0. The minimum atomic E-state index is -0.750. The summed E-state index contributed by atoms with van der Waals surface area (Å²) in [6.07, 6.45) is 3.58. The van der Waals surface area contributed by atoms with Crippen molar-refractivity contribution in [2.24, 2.45) is 11.1 Å². The molecule has 0 spiro atoms. The van der Waals surface area contributed by atoms with Crippen LogP contribution in [0.25, 0.3) is 11.1 Å². The van der Waals surface area contributed by atoms with Gasteiger partial charge in [0.15, 0.2) is 0 Å². The van der Waals surface area contributed by atoms with Gasteiger partial charge in [0, 0.05) is 61.4 Å². The molecule has 2 aromatic carbocycles. The van der Waals surface area contributed by atoms with E-state index in [9.17, 15) is 28.0 Å². The third kappa shape index (κ3) is 10.5. The number of nitrogens with zero attached hydrogens (tertiary/aromatic N) is 2. The molecule has 9 nitrogen and oxygen atoms in total. The molecule has 0 aliphatic rings. The van der Waals surface area contributed by atoms with E-state index in [-0.39, 0.29) is 36.1 Å². The molecule has 0 bridgehead atoms. The zero-order valence-corrected chi connectivity index (χ0v) is 27.3. The average Bonchev–Trinajstić information content (AvgIpc) is 3.42. The lowest BCUT2D eigenvalue weighted by Crippen LogP contribution is -2.44. The van der Waals surface area contributed by atoms with Gasteiger partial charge >= 0.3 is 0 Å². The van der Waals surface area contributed by atoms with Crippen LogP contribution >= 0.6 is 11.8 Å². The van der Waals surface area contributed by atoms with Gasteiger partial charge < -0.3 is 30.6 Å². The van der Waals surface area contributed by atoms with Gasteiger partial charge in [-0.1, -0.05) is 51.1 Å². The number of thioether (sulfide) groups is 1. The number of hydrogen-bond acceptors (Lipinski definition) is 6. The number of benzene rings is 2. The monoisotopic (exact) mass is 655 g/mol. The van der Waals surface area contributed by atoms with Crippen molar-refractivity contribution in [1.82, 2.24) is 20.1 Å². The highest BCUT2D eigenvalue weighted by Crippen LogP contribution is 2.41. The Balaban J connectivity index is 1.98. The van der Waals surface area contributed by atoms with Crippen molar-refractivity contribution in [3.8, 4) is 11.1 Å². The zero-order chi connectivity index (χ0) is 33.7. The molecule has 3 amide bonds. The zero-order valence-electron chi connectivity index (χ0n) is 26.5. The number of carbonyl (C=O) groups is 4. The number of halogens is 2. The van der Waals surface area contributed by atoms with Gasteiger partial charge in [-0.3, -0.25) is 14.4 Å². The Morgan fingerprint density at radius 3 is 2.48 bits per heavy atom. The number of amides is 3. The molecule has 0 saturated carbocycles. The summed E-state index contributed by atoms with van der Waals surface area (Å²) in [6.45, 7) is 7.17. The number of aromatic nitrogens is 1. The highest BCUT2D eigenvalue weighted by atomic mass is 32.2. The smallest absolute Gasteiger partial charge is 0.233 e. The van der Waals surface area contributed by atoms with E-state index in [1.54, 1.807) is 11.1 Å². The van der Waals surface area contributed by atoms with Gasteiger partial charge in [0.25, 0.3) is 0 Å². The molecule has 0 fully saturated rings. The van der Waals surface area contributed by atoms with Gasteiger partial charge in [-0.25, -0.2) is 8.78 Å². The molecule has 46 heavy (non-hydrogen) atoms. The van der Waals surface area contributed by atoms with E-state index in [1.165, 1.54) is 17.8 Å². The first-order valence-electron chi connectivity index (χ1n) is 15.2. The summed E-state index contributed by atoms with van der Waals surface area (Å²) in [4.78, 5) is 49.9. The molecule has 1 heterocycles. The lowest BCUT2D eigenvalue weighted by atomic mass is 9.83. The van der Waals surface area contributed by atoms with Crippen LogP contribution in [0.15, 0.2) is 60.8 Å². The van der Waals surface area contributed by atoms with Crippen LogP contribution in [-0.4, -0.2) is 71.2 Å². The second kappa shape index (κ2) is 17.6. The number of hydrogen-bond donors (Lipinski definition) is 3. The maximum absolute atomic E-state index is 15.0. The van der Waals surface area contributed by atoms with E-state index in [4.69, 9.17) is 5.73 Å². The first-order valence-corrected chi connectivity index (χ1v) is 16.3. The van der Waals surface area contributed by atoms with Crippen LogP contribution in [0.2, 0.25) is 0 Å². The van der Waals surface area contributed by atoms with Gasteiger partial charge in [-0.15, -0.1) is 0 Å². The van der Waals surface area contributed by atoms with E-state index in [2.05, 4.69) is 10.6 Å². The van der Waals surface area contributed by atoms with Gasteiger partial charge in [0.05, 0.1) is 17.8 Å². The quantitative estimate of drug-likeness (QED) is 0.139. The second-order valence-electron chi connectivity index (χ2n) is 12.0. The lowest BCUT2D eigenvalue weighted by molar-refractivity contribution is -0.133. The predicted octanol–water partition coefficient (Wildman–Crippen LogP) is 4.30. The summed E-state index contributed by atoms with van der Waals surface area (Å²) in [5.74, 6) is -1.19. The van der Waals surface area contributed by atoms with Crippen LogP contribution < -0.4 is 16.4 Å². The van der Waals surface area contributed by atoms with E-state index in [0.29, 0.717) is 50.1 Å². The average molecular weight is 656 g/mol. The van der Waals surface area contributed by atoms with Gasteiger partial charge in [0.2, 0.25) is 18.2 Å². The summed E-state index contributed by atoms with van der Waals surface area (Å²) >= 11 is 1.30. The third-order valence-corrected chi connectivity index (χ3v) is 8.31. The van der Waals surface area contributed by atoms with Crippen molar-refractivity contribution in [3.63, 3.8) is 0 Å². The van der Waals surface area contributed by atoms with Gasteiger partial charge in [0.1, 0.15) is 17.9 Å². The van der Waals surface area contributed by atoms with Crippen LogP contribution in [0.5, 0.6) is 0 Å². The Labute approximate surface area is 273 Å². The number of nitrogens with two attached hydrogens (primary N) is 1. The predicted molar refractivity (Wildman–Crippen MR) is 177 cm³/mol. The van der Waals surface area contributed by atoms with E-state index >= 15 is 0 Å². The number of rotatable bonds is 18. The molecule has 1 unspecified atom stereocenters. The largest absolute Gasteiger partial charge is 0.359 e. The Morgan fingerprint density at radius 2 is 1.83 bits per heavy atom. The van der Waals surface area contributed by atoms with Crippen LogP contribution in [0, 0.1) is 17.0 Å². The Kier molecular flexibility index (Phi) is 13.9. The molecule has 0 aliphatic carbocycles. The van der Waals surface area contributed by atoms with Crippen molar-refractivity contribution in [3.05, 3.63) is 83.7 Å². The molecule has 0 saturated heterocycles. The molecule has 248 valence electrons. The summed E-state index contributed by atoms with van der Waals surface area (Å²) in [5, 5.41) is 5.19. The molecule has 3 aromatic rings. The van der Waals surface area contributed by atoms with Crippen molar-refractivity contribution >= 4 is 36.3 Å². The molecule has 0 aliphatic heterocycles. The molecule has 4 N–H and O–H groups in total. The minimum Gasteiger partial charge on any atom is -0.359 e. The normalized spacial score (nSPS) is 12.7.